The summed E-state index contributed by atoms with van der Waals surface area (Å²) in [6.45, 7) is 3.97. The summed E-state index contributed by atoms with van der Waals surface area (Å²) in [6, 6.07) is 11.3. The lowest BCUT2D eigenvalue weighted by Crippen LogP contribution is -2.05. The summed E-state index contributed by atoms with van der Waals surface area (Å²) in [7, 11) is 0. The van der Waals surface area contributed by atoms with Crippen molar-refractivity contribution in [2.24, 2.45) is 0 Å². The van der Waals surface area contributed by atoms with Gasteiger partial charge in [0.2, 0.25) is 5.91 Å². The van der Waals surface area contributed by atoms with Crippen molar-refractivity contribution >= 4 is 35.3 Å². The number of amides is 1. The molecule has 1 aromatic heterocycles. The van der Waals surface area contributed by atoms with Crippen LogP contribution in [0.25, 0.3) is 11.4 Å². The van der Waals surface area contributed by atoms with E-state index in [1.807, 2.05) is 23.6 Å². The van der Waals surface area contributed by atoms with Gasteiger partial charge in [-0.25, -0.2) is 0 Å². The summed E-state index contributed by atoms with van der Waals surface area (Å²) in [4.78, 5) is 33.5. The van der Waals surface area contributed by atoms with Crippen LogP contribution in [0.1, 0.15) is 24.2 Å². The van der Waals surface area contributed by atoms with Crippen LogP contribution in [-0.2, 0) is 11.3 Å². The third-order valence-corrected chi connectivity index (χ3v) is 5.11. The molecule has 0 aliphatic rings. The zero-order chi connectivity index (χ0) is 21.0. The second-order valence-electron chi connectivity index (χ2n) is 6.01. The second kappa shape index (κ2) is 8.65. The van der Waals surface area contributed by atoms with E-state index in [0.29, 0.717) is 34.4 Å². The first-order valence-corrected chi connectivity index (χ1v) is 9.47. The Morgan fingerprint density at radius 3 is 2.55 bits per heavy atom. The molecule has 0 aliphatic heterocycles. The maximum Gasteiger partial charge on any atom is 0.270 e. The van der Waals surface area contributed by atoms with Crippen LogP contribution in [0, 0.1) is 10.1 Å². The second-order valence-corrected chi connectivity index (χ2v) is 7.02. The molecule has 2 aromatic carbocycles. The number of benzene rings is 2. The number of aromatic nitrogens is 3. The molecular weight excluding hydrogens is 394 g/mol. The van der Waals surface area contributed by atoms with E-state index in [4.69, 9.17) is 0 Å². The van der Waals surface area contributed by atoms with Gasteiger partial charge in [0.1, 0.15) is 0 Å². The Morgan fingerprint density at radius 2 is 1.97 bits per heavy atom. The number of carbonyl (C=O) groups excluding carboxylic acids is 2. The molecule has 0 saturated heterocycles. The average molecular weight is 411 g/mol. The van der Waals surface area contributed by atoms with Gasteiger partial charge in [-0.15, -0.1) is 10.2 Å². The summed E-state index contributed by atoms with van der Waals surface area (Å²) in [5.41, 5.74) is 1.57. The number of nitrogens with zero attached hydrogens (tertiary/aromatic N) is 4. The molecule has 10 heteroatoms. The van der Waals surface area contributed by atoms with Gasteiger partial charge in [0.05, 0.1) is 4.92 Å². The maximum absolute atomic E-state index is 11.4. The molecule has 29 heavy (non-hydrogen) atoms. The Hall–Kier alpha value is -3.53. The zero-order valence-electron chi connectivity index (χ0n) is 15.7. The molecule has 148 valence electrons. The Labute approximate surface area is 170 Å². The first-order chi connectivity index (χ1) is 13.9. The van der Waals surface area contributed by atoms with Gasteiger partial charge in [0, 0.05) is 47.3 Å². The van der Waals surface area contributed by atoms with Gasteiger partial charge in [0.15, 0.2) is 17.3 Å². The Kier molecular flexibility index (Phi) is 6.03. The molecule has 1 N–H and O–H groups in total. The Balaban J connectivity index is 1.91. The molecule has 0 unspecified atom stereocenters. The van der Waals surface area contributed by atoms with E-state index in [1.165, 1.54) is 36.9 Å². The van der Waals surface area contributed by atoms with Crippen LogP contribution in [-0.4, -0.2) is 31.9 Å². The van der Waals surface area contributed by atoms with Gasteiger partial charge in [-0.3, -0.25) is 19.7 Å². The summed E-state index contributed by atoms with van der Waals surface area (Å²) in [5, 5.41) is 22.7. The molecule has 0 radical (unpaired) electrons. The third-order valence-electron chi connectivity index (χ3n) is 4.03. The molecule has 9 nitrogen and oxygen atoms in total. The van der Waals surface area contributed by atoms with Crippen LogP contribution in [0.5, 0.6) is 0 Å². The zero-order valence-corrected chi connectivity index (χ0v) is 16.5. The normalized spacial score (nSPS) is 10.6. The van der Waals surface area contributed by atoms with Crippen LogP contribution in [0.3, 0.4) is 0 Å². The van der Waals surface area contributed by atoms with E-state index < -0.39 is 4.92 Å². The van der Waals surface area contributed by atoms with E-state index in [0.717, 1.165) is 5.56 Å². The molecule has 0 saturated carbocycles. The average Bonchev–Trinajstić information content (AvgIpc) is 3.10. The highest BCUT2D eigenvalue weighted by molar-refractivity contribution is 7.99. The van der Waals surface area contributed by atoms with Gasteiger partial charge >= 0.3 is 0 Å². The summed E-state index contributed by atoms with van der Waals surface area (Å²) in [6.07, 6.45) is 0.587. The number of hydrogen-bond acceptors (Lipinski definition) is 7. The van der Waals surface area contributed by atoms with Crippen LogP contribution in [0.15, 0.2) is 52.5 Å². The number of nitrogens with one attached hydrogen (secondary N) is 1. The van der Waals surface area contributed by atoms with Crippen LogP contribution in [0.4, 0.5) is 11.4 Å². The predicted molar refractivity (Wildman–Crippen MR) is 108 cm³/mol. The fourth-order valence-electron chi connectivity index (χ4n) is 2.70. The molecule has 1 heterocycles. The minimum Gasteiger partial charge on any atom is -0.326 e. The number of nitro groups is 1. The van der Waals surface area contributed by atoms with Crippen LogP contribution >= 0.6 is 11.8 Å². The molecule has 0 aliphatic carbocycles. The minimum absolute atomic E-state index is 0.145. The summed E-state index contributed by atoms with van der Waals surface area (Å²) >= 11 is 1.22. The fraction of sp³-hybridized carbons (Fsp3) is 0.158. The van der Waals surface area contributed by atoms with Gasteiger partial charge in [-0.1, -0.05) is 0 Å². The van der Waals surface area contributed by atoms with Crippen molar-refractivity contribution in [3.63, 3.8) is 0 Å². The lowest BCUT2D eigenvalue weighted by molar-refractivity contribution is -0.384. The SMILES string of the molecule is CCn1c(Sc2ccc([N+](=O)[O-])cc2C=O)nnc1-c1ccc(NC(C)=O)cc1. The molecule has 0 atom stereocenters. The summed E-state index contributed by atoms with van der Waals surface area (Å²) < 4.78 is 1.88. The first-order valence-electron chi connectivity index (χ1n) is 8.65. The molecular formula is C19H17N5O4S. The lowest BCUT2D eigenvalue weighted by atomic mass is 10.2. The highest BCUT2D eigenvalue weighted by atomic mass is 32.2. The highest BCUT2D eigenvalue weighted by Gasteiger charge is 2.17. The lowest BCUT2D eigenvalue weighted by Gasteiger charge is -2.09. The Bertz CT molecular complexity index is 1080. The van der Waals surface area contributed by atoms with Crippen LogP contribution < -0.4 is 5.32 Å². The van der Waals surface area contributed by atoms with Crippen molar-refractivity contribution < 1.29 is 14.5 Å². The Morgan fingerprint density at radius 1 is 1.24 bits per heavy atom. The highest BCUT2D eigenvalue weighted by Crippen LogP contribution is 2.33. The minimum atomic E-state index is -0.543. The number of carbonyl (C=O) groups is 2. The molecule has 3 aromatic rings. The fourth-order valence-corrected chi connectivity index (χ4v) is 3.67. The predicted octanol–water partition coefficient (Wildman–Crippen LogP) is 3.80. The molecule has 0 spiro atoms. The van der Waals surface area contributed by atoms with Crippen LogP contribution in [0.2, 0.25) is 0 Å². The van der Waals surface area contributed by atoms with Crippen molar-refractivity contribution in [3.05, 3.63) is 58.1 Å². The molecule has 1 amide bonds. The van der Waals surface area contributed by atoms with E-state index in [9.17, 15) is 19.7 Å². The number of rotatable bonds is 7. The van der Waals surface area contributed by atoms with E-state index >= 15 is 0 Å². The molecule has 0 fully saturated rings. The van der Waals surface area contributed by atoms with Gasteiger partial charge in [0.25, 0.3) is 5.69 Å². The smallest absolute Gasteiger partial charge is 0.270 e. The first kappa shape index (κ1) is 20.2. The van der Waals surface area contributed by atoms with Crippen molar-refractivity contribution in [3.8, 4) is 11.4 Å². The quantitative estimate of drug-likeness (QED) is 0.357. The van der Waals surface area contributed by atoms with Crippen molar-refractivity contribution in [2.75, 3.05) is 5.32 Å². The number of nitro benzene ring substituents is 1. The maximum atomic E-state index is 11.4. The topological polar surface area (TPSA) is 120 Å². The van der Waals surface area contributed by atoms with Gasteiger partial charge in [-0.05, 0) is 49.0 Å². The number of hydrogen-bond donors (Lipinski definition) is 1. The van der Waals surface area contributed by atoms with Crippen molar-refractivity contribution in [2.45, 2.75) is 30.4 Å². The number of anilines is 1. The number of non-ortho nitro benzene ring substituents is 1. The van der Waals surface area contributed by atoms with E-state index in [2.05, 4.69) is 15.5 Å². The standard InChI is InChI=1S/C19H17N5O4S/c1-3-23-18(13-4-6-15(7-5-13)20-12(2)26)21-22-19(23)29-17-9-8-16(24(27)28)10-14(17)11-25/h4-11H,3H2,1-2H3,(H,20,26). The van der Waals surface area contributed by atoms with Gasteiger partial charge in [-0.2, -0.15) is 0 Å². The summed E-state index contributed by atoms with van der Waals surface area (Å²) in [5.74, 6) is 0.487. The number of aldehydes is 1. The van der Waals surface area contributed by atoms with E-state index in [-0.39, 0.29) is 17.2 Å². The van der Waals surface area contributed by atoms with Gasteiger partial charge < -0.3 is 9.88 Å². The third kappa shape index (κ3) is 4.49. The van der Waals surface area contributed by atoms with E-state index in [1.54, 1.807) is 12.1 Å². The van der Waals surface area contributed by atoms with Crippen molar-refractivity contribution in [1.82, 2.24) is 14.8 Å². The molecule has 0 bridgehead atoms. The largest absolute Gasteiger partial charge is 0.326 e. The van der Waals surface area contributed by atoms with Crippen molar-refractivity contribution in [1.29, 1.82) is 0 Å². The monoisotopic (exact) mass is 411 g/mol. The molecule has 3 rings (SSSR count).